The van der Waals surface area contributed by atoms with Crippen molar-refractivity contribution in [1.29, 1.82) is 0 Å². The van der Waals surface area contributed by atoms with Gasteiger partial charge in [-0.3, -0.25) is 4.79 Å². The highest BCUT2D eigenvalue weighted by molar-refractivity contribution is 6.05. The first kappa shape index (κ1) is 17.2. The first-order valence-electron chi connectivity index (χ1n) is 10.8. The van der Waals surface area contributed by atoms with Crippen LogP contribution < -0.4 is 0 Å². The van der Waals surface area contributed by atoms with Gasteiger partial charge in [0.15, 0.2) is 5.65 Å². The van der Waals surface area contributed by atoms with Gasteiger partial charge in [-0.1, -0.05) is 12.8 Å². The highest BCUT2D eigenvalue weighted by atomic mass is 16.2. The van der Waals surface area contributed by atoms with Gasteiger partial charge in [0.25, 0.3) is 5.91 Å². The van der Waals surface area contributed by atoms with Gasteiger partial charge in [0.05, 0.1) is 17.1 Å². The van der Waals surface area contributed by atoms with E-state index in [1.165, 1.54) is 44.9 Å². The van der Waals surface area contributed by atoms with Crippen LogP contribution in [0.3, 0.4) is 0 Å². The number of amides is 1. The topological polar surface area (TPSA) is 51.0 Å². The summed E-state index contributed by atoms with van der Waals surface area (Å²) in [6.07, 6.45) is 11.7. The molecule has 0 radical (unpaired) electrons. The third kappa shape index (κ3) is 2.95. The molecule has 1 saturated heterocycles. The Kier molecular flexibility index (Phi) is 4.21. The Morgan fingerprint density at radius 2 is 1.89 bits per heavy atom. The second-order valence-corrected chi connectivity index (χ2v) is 9.04. The molecule has 1 aliphatic heterocycles. The Morgan fingerprint density at radius 1 is 1.11 bits per heavy atom. The smallest absolute Gasteiger partial charge is 0.254 e. The van der Waals surface area contributed by atoms with Crippen LogP contribution in [-0.4, -0.2) is 38.2 Å². The van der Waals surface area contributed by atoms with Crippen molar-refractivity contribution in [3.63, 3.8) is 0 Å². The van der Waals surface area contributed by atoms with Crippen molar-refractivity contribution in [2.45, 2.75) is 83.2 Å². The Bertz CT molecular complexity index is 865. The molecule has 5 rings (SSSR count). The number of pyridine rings is 1. The molecule has 0 aromatic carbocycles. The lowest BCUT2D eigenvalue weighted by atomic mass is 9.78. The van der Waals surface area contributed by atoms with E-state index in [0.717, 1.165) is 35.3 Å². The SMILES string of the molecule is CC(C)n1ncc2c(C(=O)N3CCCC4CCCCC43)cc(C3CC3)nc21. The highest BCUT2D eigenvalue weighted by Crippen LogP contribution is 2.41. The molecule has 2 aromatic heterocycles. The summed E-state index contributed by atoms with van der Waals surface area (Å²) in [5.74, 6) is 1.44. The van der Waals surface area contributed by atoms with Crippen LogP contribution in [0.25, 0.3) is 11.0 Å². The Labute approximate surface area is 161 Å². The van der Waals surface area contributed by atoms with E-state index < -0.39 is 0 Å². The molecular formula is C22H30N4O. The van der Waals surface area contributed by atoms with Crippen LogP contribution in [0.5, 0.6) is 0 Å². The maximum atomic E-state index is 13.7. The maximum Gasteiger partial charge on any atom is 0.254 e. The second-order valence-electron chi connectivity index (χ2n) is 9.04. The number of carbonyl (C=O) groups excluding carboxylic acids is 1. The maximum absolute atomic E-state index is 13.7. The summed E-state index contributed by atoms with van der Waals surface area (Å²) in [6, 6.07) is 2.76. The van der Waals surface area contributed by atoms with Gasteiger partial charge in [0.2, 0.25) is 0 Å². The quantitative estimate of drug-likeness (QED) is 0.792. The van der Waals surface area contributed by atoms with E-state index in [1.807, 2.05) is 10.9 Å². The standard InChI is InChI=1S/C22H30N4O/c1-14(2)26-21-18(13-23-26)17(12-19(24-21)15-9-10-15)22(27)25-11-5-7-16-6-3-4-8-20(16)25/h12-16,20H,3-11H2,1-2H3. The molecule has 5 nitrogen and oxygen atoms in total. The number of rotatable bonds is 3. The molecule has 5 heteroatoms. The minimum absolute atomic E-state index is 0.212. The van der Waals surface area contributed by atoms with Crippen molar-refractivity contribution in [3.05, 3.63) is 23.5 Å². The molecule has 2 aromatic rings. The van der Waals surface area contributed by atoms with Gasteiger partial charge >= 0.3 is 0 Å². The molecule has 0 spiro atoms. The van der Waals surface area contributed by atoms with Crippen molar-refractivity contribution in [2.24, 2.45) is 5.92 Å². The summed E-state index contributed by atoms with van der Waals surface area (Å²) < 4.78 is 1.97. The number of nitrogens with zero attached hydrogens (tertiary/aromatic N) is 4. The number of carbonyl (C=O) groups is 1. The highest BCUT2D eigenvalue weighted by Gasteiger charge is 2.37. The van der Waals surface area contributed by atoms with Crippen molar-refractivity contribution < 1.29 is 4.79 Å². The number of likely N-dealkylation sites (tertiary alicyclic amines) is 1. The van der Waals surface area contributed by atoms with E-state index in [1.54, 1.807) is 0 Å². The molecule has 2 aliphatic carbocycles. The van der Waals surface area contributed by atoms with Crippen LogP contribution in [0, 0.1) is 5.92 Å². The van der Waals surface area contributed by atoms with E-state index in [4.69, 9.17) is 4.98 Å². The minimum Gasteiger partial charge on any atom is -0.335 e. The first-order chi connectivity index (χ1) is 13.1. The summed E-state index contributed by atoms with van der Waals surface area (Å²) in [7, 11) is 0. The summed E-state index contributed by atoms with van der Waals surface area (Å²) in [5.41, 5.74) is 2.81. The fourth-order valence-electron chi connectivity index (χ4n) is 5.21. The molecule has 144 valence electrons. The van der Waals surface area contributed by atoms with Gasteiger partial charge < -0.3 is 4.90 Å². The zero-order valence-corrected chi connectivity index (χ0v) is 16.5. The Hall–Kier alpha value is -1.91. The number of fused-ring (bicyclic) bond motifs is 2. The summed E-state index contributed by atoms with van der Waals surface area (Å²) in [6.45, 7) is 5.15. The summed E-state index contributed by atoms with van der Waals surface area (Å²) >= 11 is 0. The normalized spacial score (nSPS) is 25.8. The van der Waals surface area contributed by atoms with Gasteiger partial charge in [-0.25, -0.2) is 9.67 Å². The molecule has 2 unspecified atom stereocenters. The molecule has 0 bridgehead atoms. The lowest BCUT2D eigenvalue weighted by Gasteiger charge is -2.44. The largest absolute Gasteiger partial charge is 0.335 e. The van der Waals surface area contributed by atoms with Gasteiger partial charge in [-0.05, 0) is 64.4 Å². The molecule has 1 amide bonds. The summed E-state index contributed by atoms with van der Waals surface area (Å²) in [4.78, 5) is 20.8. The third-order valence-corrected chi connectivity index (χ3v) is 6.81. The van der Waals surface area contributed by atoms with Gasteiger partial charge in [-0.15, -0.1) is 0 Å². The molecule has 3 fully saturated rings. The average Bonchev–Trinajstić information content (AvgIpc) is 3.45. The second kappa shape index (κ2) is 6.61. The molecule has 27 heavy (non-hydrogen) atoms. The van der Waals surface area contributed by atoms with Crippen LogP contribution in [0.15, 0.2) is 12.3 Å². The van der Waals surface area contributed by atoms with Crippen molar-refractivity contribution >= 4 is 16.9 Å². The minimum atomic E-state index is 0.212. The van der Waals surface area contributed by atoms with Crippen molar-refractivity contribution in [1.82, 2.24) is 19.7 Å². The van der Waals surface area contributed by atoms with E-state index >= 15 is 0 Å². The van der Waals surface area contributed by atoms with E-state index in [9.17, 15) is 4.79 Å². The fraction of sp³-hybridized carbons (Fsp3) is 0.682. The molecule has 2 atom stereocenters. The van der Waals surface area contributed by atoms with Gasteiger partial charge in [-0.2, -0.15) is 5.10 Å². The van der Waals surface area contributed by atoms with E-state index in [2.05, 4.69) is 29.9 Å². The fourth-order valence-corrected chi connectivity index (χ4v) is 5.21. The zero-order chi connectivity index (χ0) is 18.5. The lowest BCUT2D eigenvalue weighted by molar-refractivity contribution is 0.0392. The first-order valence-corrected chi connectivity index (χ1v) is 10.8. The number of hydrogen-bond donors (Lipinski definition) is 0. The Balaban J connectivity index is 1.57. The predicted octanol–water partition coefficient (Wildman–Crippen LogP) is 4.68. The molecule has 3 heterocycles. The Morgan fingerprint density at radius 3 is 2.67 bits per heavy atom. The number of aromatic nitrogens is 3. The predicted molar refractivity (Wildman–Crippen MR) is 106 cm³/mol. The molecule has 3 aliphatic rings. The summed E-state index contributed by atoms with van der Waals surface area (Å²) in [5, 5.41) is 5.50. The van der Waals surface area contributed by atoms with Gasteiger partial charge in [0, 0.05) is 30.2 Å². The van der Waals surface area contributed by atoms with Crippen LogP contribution >= 0.6 is 0 Å². The third-order valence-electron chi connectivity index (χ3n) is 6.81. The zero-order valence-electron chi connectivity index (χ0n) is 16.5. The number of piperidine rings is 1. The van der Waals surface area contributed by atoms with E-state index in [0.29, 0.717) is 17.9 Å². The van der Waals surface area contributed by atoms with Crippen molar-refractivity contribution in [2.75, 3.05) is 6.54 Å². The molecule has 2 saturated carbocycles. The van der Waals surface area contributed by atoms with Crippen LogP contribution in [0.1, 0.15) is 93.2 Å². The molecular weight excluding hydrogens is 336 g/mol. The van der Waals surface area contributed by atoms with E-state index in [-0.39, 0.29) is 11.9 Å². The lowest BCUT2D eigenvalue weighted by Crippen LogP contribution is -2.49. The van der Waals surface area contributed by atoms with Gasteiger partial charge in [0.1, 0.15) is 0 Å². The van der Waals surface area contributed by atoms with Crippen LogP contribution in [0.4, 0.5) is 0 Å². The van der Waals surface area contributed by atoms with Crippen molar-refractivity contribution in [3.8, 4) is 0 Å². The van der Waals surface area contributed by atoms with Crippen LogP contribution in [-0.2, 0) is 0 Å². The number of hydrogen-bond acceptors (Lipinski definition) is 3. The average molecular weight is 367 g/mol. The molecule has 0 N–H and O–H groups in total. The van der Waals surface area contributed by atoms with Crippen LogP contribution in [0.2, 0.25) is 0 Å². The monoisotopic (exact) mass is 366 g/mol.